The van der Waals surface area contributed by atoms with Gasteiger partial charge in [0, 0.05) is 24.2 Å². The van der Waals surface area contributed by atoms with Crippen LogP contribution in [-0.4, -0.2) is 43.1 Å². The number of carbonyl (C=O) groups excluding carboxylic acids is 2. The molecule has 2 heterocycles. The van der Waals surface area contributed by atoms with Crippen molar-refractivity contribution in [2.75, 3.05) is 24.2 Å². The van der Waals surface area contributed by atoms with Gasteiger partial charge in [-0.15, -0.1) is 0 Å². The molecule has 3 aromatic rings. The number of likely N-dealkylation sites (N-methyl/N-ethyl adjacent to an activating group) is 1. The van der Waals surface area contributed by atoms with E-state index in [0.717, 1.165) is 14.6 Å². The number of amides is 2. The van der Waals surface area contributed by atoms with Crippen molar-refractivity contribution in [3.8, 4) is 0 Å². The summed E-state index contributed by atoms with van der Waals surface area (Å²) >= 11 is 7.22. The van der Waals surface area contributed by atoms with Gasteiger partial charge < -0.3 is 10.6 Å². The Hall–Kier alpha value is -2.53. The molecular formula is C19H17ClN4O4S2. The van der Waals surface area contributed by atoms with Gasteiger partial charge in [0.05, 0.1) is 21.7 Å². The van der Waals surface area contributed by atoms with Crippen LogP contribution in [0.5, 0.6) is 0 Å². The van der Waals surface area contributed by atoms with Crippen LogP contribution in [0.15, 0.2) is 41.3 Å². The lowest BCUT2D eigenvalue weighted by Gasteiger charge is -2.20. The zero-order chi connectivity index (χ0) is 21.5. The second kappa shape index (κ2) is 7.95. The van der Waals surface area contributed by atoms with E-state index in [9.17, 15) is 18.0 Å². The van der Waals surface area contributed by atoms with Gasteiger partial charge in [-0.1, -0.05) is 22.9 Å². The molecule has 0 unspecified atom stereocenters. The Morgan fingerprint density at radius 2 is 2.07 bits per heavy atom. The van der Waals surface area contributed by atoms with Crippen LogP contribution in [0.3, 0.4) is 0 Å². The molecular weight excluding hydrogens is 448 g/mol. The molecule has 0 radical (unpaired) electrons. The minimum Gasteiger partial charge on any atom is -0.326 e. The zero-order valence-corrected chi connectivity index (χ0v) is 18.2. The highest BCUT2D eigenvalue weighted by Crippen LogP contribution is 2.29. The molecule has 1 aliphatic heterocycles. The second-order valence-corrected chi connectivity index (χ2v) is 10.3. The van der Waals surface area contributed by atoms with Crippen molar-refractivity contribution in [3.63, 3.8) is 0 Å². The van der Waals surface area contributed by atoms with Crippen LogP contribution in [-0.2, 0) is 26.0 Å². The van der Waals surface area contributed by atoms with E-state index in [-0.39, 0.29) is 17.3 Å². The molecule has 1 aromatic heterocycles. The van der Waals surface area contributed by atoms with Crippen LogP contribution in [0.2, 0.25) is 5.02 Å². The fourth-order valence-electron chi connectivity index (χ4n) is 3.10. The summed E-state index contributed by atoms with van der Waals surface area (Å²) in [5.41, 5.74) is 2.06. The standard InChI is InChI=1S/C19H17ClN4O4S2/c1-24(10-18(26)23-19-22-15-5-3-12(20)9-16(15)29-19)30(27,28)13-4-6-14-11(8-13)2-7-17(25)21-14/h3-6,8-9H,2,7,10H2,1H3,(H,21,25)(H,22,23,26). The normalized spacial score (nSPS) is 13.9. The lowest BCUT2D eigenvalue weighted by Crippen LogP contribution is -2.35. The highest BCUT2D eigenvalue weighted by atomic mass is 35.5. The van der Waals surface area contributed by atoms with Gasteiger partial charge in [0.25, 0.3) is 0 Å². The minimum atomic E-state index is -3.88. The van der Waals surface area contributed by atoms with Gasteiger partial charge in [-0.05, 0) is 48.4 Å². The van der Waals surface area contributed by atoms with E-state index in [4.69, 9.17) is 11.6 Å². The number of fused-ring (bicyclic) bond motifs is 2. The summed E-state index contributed by atoms with van der Waals surface area (Å²) in [7, 11) is -2.54. The number of nitrogens with one attached hydrogen (secondary N) is 2. The summed E-state index contributed by atoms with van der Waals surface area (Å²) in [6.07, 6.45) is 0.776. The molecule has 2 aromatic carbocycles. The number of anilines is 2. The molecule has 2 N–H and O–H groups in total. The average molecular weight is 465 g/mol. The van der Waals surface area contributed by atoms with Crippen LogP contribution in [0.1, 0.15) is 12.0 Å². The number of halogens is 1. The van der Waals surface area contributed by atoms with Gasteiger partial charge in [0.2, 0.25) is 21.8 Å². The first-order valence-corrected chi connectivity index (χ1v) is 11.6. The summed E-state index contributed by atoms with van der Waals surface area (Å²) in [4.78, 5) is 28.2. The van der Waals surface area contributed by atoms with E-state index in [2.05, 4.69) is 15.6 Å². The summed E-state index contributed by atoms with van der Waals surface area (Å²) in [6, 6.07) is 9.73. The molecule has 8 nitrogen and oxygen atoms in total. The molecule has 30 heavy (non-hydrogen) atoms. The summed E-state index contributed by atoms with van der Waals surface area (Å²) in [5.74, 6) is -0.597. The quantitative estimate of drug-likeness (QED) is 0.603. The SMILES string of the molecule is CN(CC(=O)Nc1nc2ccc(Cl)cc2s1)S(=O)(=O)c1ccc2c(c1)CCC(=O)N2. The van der Waals surface area contributed by atoms with E-state index in [1.54, 1.807) is 24.3 Å². The van der Waals surface area contributed by atoms with Gasteiger partial charge >= 0.3 is 0 Å². The fourth-order valence-corrected chi connectivity index (χ4v) is 5.43. The van der Waals surface area contributed by atoms with E-state index in [1.807, 2.05) is 0 Å². The summed E-state index contributed by atoms with van der Waals surface area (Å²) < 4.78 is 27.6. The van der Waals surface area contributed by atoms with E-state index in [0.29, 0.717) is 34.2 Å². The lowest BCUT2D eigenvalue weighted by atomic mass is 10.0. The van der Waals surface area contributed by atoms with Crippen molar-refractivity contribution in [1.82, 2.24) is 9.29 Å². The molecule has 2 amide bonds. The molecule has 4 rings (SSSR count). The molecule has 0 aliphatic carbocycles. The van der Waals surface area contributed by atoms with Gasteiger partial charge in [-0.25, -0.2) is 13.4 Å². The number of rotatable bonds is 5. The third-order valence-electron chi connectivity index (χ3n) is 4.64. The Morgan fingerprint density at radius 1 is 1.27 bits per heavy atom. The van der Waals surface area contributed by atoms with Crippen LogP contribution < -0.4 is 10.6 Å². The van der Waals surface area contributed by atoms with Crippen LogP contribution in [0.4, 0.5) is 10.8 Å². The third kappa shape index (κ3) is 4.17. The molecule has 0 atom stereocenters. The van der Waals surface area contributed by atoms with Crippen LogP contribution in [0, 0.1) is 0 Å². The van der Waals surface area contributed by atoms with Crippen molar-refractivity contribution in [2.24, 2.45) is 0 Å². The molecule has 0 saturated heterocycles. The fraction of sp³-hybridized carbons (Fsp3) is 0.211. The van der Waals surface area contributed by atoms with Crippen LogP contribution >= 0.6 is 22.9 Å². The molecule has 11 heteroatoms. The number of benzene rings is 2. The monoisotopic (exact) mass is 464 g/mol. The number of hydrogen-bond acceptors (Lipinski definition) is 6. The maximum atomic E-state index is 12.9. The topological polar surface area (TPSA) is 108 Å². The van der Waals surface area contributed by atoms with Gasteiger partial charge in [-0.2, -0.15) is 4.31 Å². The Labute approximate surface area is 181 Å². The molecule has 1 aliphatic rings. The van der Waals surface area contributed by atoms with Crippen LogP contribution in [0.25, 0.3) is 10.2 Å². The number of carbonyl (C=O) groups is 2. The average Bonchev–Trinajstić information content (AvgIpc) is 3.08. The highest BCUT2D eigenvalue weighted by molar-refractivity contribution is 7.89. The highest BCUT2D eigenvalue weighted by Gasteiger charge is 2.25. The third-order valence-corrected chi connectivity index (χ3v) is 7.61. The first kappa shape index (κ1) is 20.7. The van der Waals surface area contributed by atoms with Crippen molar-refractivity contribution >= 4 is 65.8 Å². The number of sulfonamides is 1. The maximum absolute atomic E-state index is 12.9. The predicted octanol–water partition coefficient (Wildman–Crippen LogP) is 3.09. The number of hydrogen-bond donors (Lipinski definition) is 2. The largest absolute Gasteiger partial charge is 0.326 e. The first-order chi connectivity index (χ1) is 14.2. The minimum absolute atomic E-state index is 0.0716. The van der Waals surface area contributed by atoms with Crippen molar-refractivity contribution < 1.29 is 18.0 Å². The van der Waals surface area contributed by atoms with Gasteiger partial charge in [0.15, 0.2) is 5.13 Å². The Bertz CT molecular complexity index is 1270. The smallest absolute Gasteiger partial charge is 0.243 e. The summed E-state index contributed by atoms with van der Waals surface area (Å²) in [5, 5.41) is 6.29. The molecule has 156 valence electrons. The number of aromatic nitrogens is 1. The van der Waals surface area contributed by atoms with E-state index in [1.165, 1.54) is 30.5 Å². The number of aryl methyl sites for hydroxylation is 1. The van der Waals surface area contributed by atoms with Crippen molar-refractivity contribution in [3.05, 3.63) is 47.0 Å². The molecule has 0 spiro atoms. The molecule has 0 bridgehead atoms. The van der Waals surface area contributed by atoms with Gasteiger partial charge in [0.1, 0.15) is 0 Å². The first-order valence-electron chi connectivity index (χ1n) is 8.97. The maximum Gasteiger partial charge on any atom is 0.243 e. The van der Waals surface area contributed by atoms with Gasteiger partial charge in [-0.3, -0.25) is 9.59 Å². The summed E-state index contributed by atoms with van der Waals surface area (Å²) in [6.45, 7) is -0.368. The number of thiazole rings is 1. The van der Waals surface area contributed by atoms with Crippen molar-refractivity contribution in [1.29, 1.82) is 0 Å². The predicted molar refractivity (Wildman–Crippen MR) is 116 cm³/mol. The zero-order valence-electron chi connectivity index (χ0n) is 15.8. The second-order valence-electron chi connectivity index (χ2n) is 6.81. The Kier molecular flexibility index (Phi) is 5.49. The van der Waals surface area contributed by atoms with E-state index < -0.39 is 15.9 Å². The molecule has 0 fully saturated rings. The van der Waals surface area contributed by atoms with E-state index >= 15 is 0 Å². The molecule has 0 saturated carbocycles. The Morgan fingerprint density at radius 3 is 2.87 bits per heavy atom. The Balaban J connectivity index is 1.47. The van der Waals surface area contributed by atoms with Crippen molar-refractivity contribution in [2.45, 2.75) is 17.7 Å². The number of nitrogens with zero attached hydrogens (tertiary/aromatic N) is 2. The lowest BCUT2D eigenvalue weighted by molar-refractivity contribution is -0.117.